The van der Waals surface area contributed by atoms with Crippen molar-refractivity contribution in [3.05, 3.63) is 36.0 Å². The molecule has 8 heteroatoms. The normalized spacial score (nSPS) is 16.8. The summed E-state index contributed by atoms with van der Waals surface area (Å²) in [5, 5.41) is 6.04. The quantitative estimate of drug-likeness (QED) is 0.834. The number of nitrogens with one attached hydrogen (secondary N) is 1. The predicted molar refractivity (Wildman–Crippen MR) is 88.6 cm³/mol. The summed E-state index contributed by atoms with van der Waals surface area (Å²) >= 11 is 0. The van der Waals surface area contributed by atoms with E-state index in [1.807, 2.05) is 40.3 Å². The van der Waals surface area contributed by atoms with Gasteiger partial charge < -0.3 is 9.88 Å². The van der Waals surface area contributed by atoms with Gasteiger partial charge in [-0.2, -0.15) is 0 Å². The first kappa shape index (κ1) is 16.0. The number of carbonyl (C=O) groups excluding carboxylic acids is 1. The smallest absolute Gasteiger partial charge is 0.256 e. The molecule has 1 aliphatic heterocycles. The van der Waals surface area contributed by atoms with E-state index >= 15 is 0 Å². The number of hydrogen-bond donors (Lipinski definition) is 2. The van der Waals surface area contributed by atoms with Gasteiger partial charge in [-0.05, 0) is 12.1 Å². The van der Waals surface area contributed by atoms with Crippen LogP contribution in [0.15, 0.2) is 30.5 Å². The van der Waals surface area contributed by atoms with Gasteiger partial charge in [0.15, 0.2) is 0 Å². The number of fused-ring (bicyclic) bond motifs is 1. The van der Waals surface area contributed by atoms with E-state index in [2.05, 4.69) is 4.98 Å². The molecule has 0 aliphatic carbocycles. The maximum Gasteiger partial charge on any atom is 0.256 e. The molecule has 1 aromatic heterocycles. The van der Waals surface area contributed by atoms with Gasteiger partial charge in [0.1, 0.15) is 0 Å². The molecule has 7 nitrogen and oxygen atoms in total. The number of H-pyrrole nitrogens is 1. The van der Waals surface area contributed by atoms with Gasteiger partial charge in [-0.1, -0.05) is 12.1 Å². The van der Waals surface area contributed by atoms with Crippen LogP contribution in [0.4, 0.5) is 0 Å². The first-order valence-corrected chi connectivity index (χ1v) is 9.24. The van der Waals surface area contributed by atoms with Crippen molar-refractivity contribution in [3.63, 3.8) is 0 Å². The Morgan fingerprint density at radius 2 is 1.91 bits per heavy atom. The molecule has 0 radical (unpaired) electrons. The third kappa shape index (κ3) is 3.72. The molecule has 124 valence electrons. The number of aromatic nitrogens is 1. The van der Waals surface area contributed by atoms with Crippen LogP contribution in [0.2, 0.25) is 0 Å². The molecular weight excluding hydrogens is 316 g/mol. The summed E-state index contributed by atoms with van der Waals surface area (Å²) in [4.78, 5) is 19.6. The monoisotopic (exact) mass is 336 g/mol. The van der Waals surface area contributed by atoms with Gasteiger partial charge in [0, 0.05) is 44.3 Å². The lowest BCUT2D eigenvalue weighted by Crippen LogP contribution is -2.49. The second kappa shape index (κ2) is 6.31. The zero-order chi connectivity index (χ0) is 16.4. The van der Waals surface area contributed by atoms with Crippen LogP contribution in [-0.2, 0) is 10.0 Å². The van der Waals surface area contributed by atoms with E-state index in [-0.39, 0.29) is 11.7 Å². The molecule has 2 aromatic rings. The molecule has 2 heterocycles. The van der Waals surface area contributed by atoms with E-state index in [0.717, 1.165) is 10.9 Å². The maximum absolute atomic E-state index is 12.7. The van der Waals surface area contributed by atoms with Crippen molar-refractivity contribution in [1.29, 1.82) is 0 Å². The fourth-order valence-electron chi connectivity index (χ4n) is 2.86. The van der Waals surface area contributed by atoms with Crippen LogP contribution in [0.25, 0.3) is 10.9 Å². The van der Waals surface area contributed by atoms with E-state index in [1.54, 1.807) is 0 Å². The molecule has 3 N–H and O–H groups in total. The van der Waals surface area contributed by atoms with Crippen LogP contribution < -0.4 is 5.14 Å². The Morgan fingerprint density at radius 1 is 1.17 bits per heavy atom. The number of amides is 1. The molecular formula is C15H20N4O3S. The zero-order valence-electron chi connectivity index (χ0n) is 12.7. The van der Waals surface area contributed by atoms with Gasteiger partial charge >= 0.3 is 0 Å². The molecule has 3 rings (SSSR count). The van der Waals surface area contributed by atoms with E-state index in [9.17, 15) is 13.2 Å². The molecule has 1 aliphatic rings. The van der Waals surface area contributed by atoms with Crippen molar-refractivity contribution in [2.24, 2.45) is 5.14 Å². The standard InChI is InChI=1S/C15H20N4O3S/c16-23(21,22)11-10-18-6-8-19(9-7-18)15(20)13-3-1-2-12-4-5-17-14(12)13/h1-5,17H,6-11H2,(H2,16,21,22). The SMILES string of the molecule is NS(=O)(=O)CCN1CCN(C(=O)c2cccc3cc[nH]c23)CC1. The summed E-state index contributed by atoms with van der Waals surface area (Å²) in [7, 11) is -3.44. The first-order chi connectivity index (χ1) is 10.9. The predicted octanol–water partition coefficient (Wildman–Crippen LogP) is 0.214. The molecule has 0 atom stereocenters. The van der Waals surface area contributed by atoms with Crippen LogP contribution >= 0.6 is 0 Å². The number of nitrogens with two attached hydrogens (primary N) is 1. The number of piperazine rings is 1. The number of carbonyl (C=O) groups is 1. The molecule has 0 spiro atoms. The molecule has 1 fully saturated rings. The summed E-state index contributed by atoms with van der Waals surface area (Å²) < 4.78 is 22.0. The fraction of sp³-hybridized carbons (Fsp3) is 0.400. The van der Waals surface area contributed by atoms with E-state index in [1.165, 1.54) is 0 Å². The van der Waals surface area contributed by atoms with Gasteiger partial charge in [-0.3, -0.25) is 9.69 Å². The molecule has 1 aromatic carbocycles. The minimum atomic E-state index is -3.44. The van der Waals surface area contributed by atoms with Crippen molar-refractivity contribution in [1.82, 2.24) is 14.8 Å². The van der Waals surface area contributed by atoms with Gasteiger partial charge in [0.2, 0.25) is 10.0 Å². The highest BCUT2D eigenvalue weighted by molar-refractivity contribution is 7.89. The van der Waals surface area contributed by atoms with E-state index < -0.39 is 10.0 Å². The highest BCUT2D eigenvalue weighted by Crippen LogP contribution is 2.19. The number of nitrogens with zero attached hydrogens (tertiary/aromatic N) is 2. The molecule has 23 heavy (non-hydrogen) atoms. The zero-order valence-corrected chi connectivity index (χ0v) is 13.6. The van der Waals surface area contributed by atoms with Crippen molar-refractivity contribution in [2.45, 2.75) is 0 Å². The van der Waals surface area contributed by atoms with Crippen LogP contribution in [0, 0.1) is 0 Å². The Hall–Kier alpha value is -1.90. The minimum Gasteiger partial charge on any atom is -0.361 e. The number of hydrogen-bond acceptors (Lipinski definition) is 4. The maximum atomic E-state index is 12.7. The van der Waals surface area contributed by atoms with Gasteiger partial charge in [-0.25, -0.2) is 13.6 Å². The van der Waals surface area contributed by atoms with E-state index in [4.69, 9.17) is 5.14 Å². The third-order valence-corrected chi connectivity index (χ3v) is 4.92. The highest BCUT2D eigenvalue weighted by atomic mass is 32.2. The van der Waals surface area contributed by atoms with Crippen molar-refractivity contribution < 1.29 is 13.2 Å². The summed E-state index contributed by atoms with van der Waals surface area (Å²) in [6.07, 6.45) is 1.83. The molecule has 0 unspecified atom stereocenters. The van der Waals surface area contributed by atoms with Crippen LogP contribution in [0.1, 0.15) is 10.4 Å². The second-order valence-electron chi connectivity index (χ2n) is 5.75. The summed E-state index contributed by atoms with van der Waals surface area (Å²) in [6, 6.07) is 7.62. The van der Waals surface area contributed by atoms with Crippen molar-refractivity contribution >= 4 is 26.8 Å². The second-order valence-corrected chi connectivity index (χ2v) is 7.48. The largest absolute Gasteiger partial charge is 0.361 e. The fourth-order valence-corrected chi connectivity index (χ4v) is 3.38. The summed E-state index contributed by atoms with van der Waals surface area (Å²) in [5.41, 5.74) is 1.53. The van der Waals surface area contributed by atoms with Gasteiger partial charge in [0.05, 0.1) is 16.8 Å². The lowest BCUT2D eigenvalue weighted by Gasteiger charge is -2.34. The summed E-state index contributed by atoms with van der Waals surface area (Å²) in [6.45, 7) is 2.89. The Morgan fingerprint density at radius 3 is 2.61 bits per heavy atom. The Labute approximate surface area is 135 Å². The number of para-hydroxylation sites is 1. The molecule has 1 saturated heterocycles. The Balaban J connectivity index is 1.63. The first-order valence-electron chi connectivity index (χ1n) is 7.52. The topological polar surface area (TPSA) is 99.5 Å². The number of benzene rings is 1. The van der Waals surface area contributed by atoms with E-state index in [0.29, 0.717) is 38.3 Å². The minimum absolute atomic E-state index is 0.00384. The molecule has 1 amide bonds. The average Bonchev–Trinajstić information content (AvgIpc) is 3.00. The molecule has 0 bridgehead atoms. The number of aromatic amines is 1. The average molecular weight is 336 g/mol. The lowest BCUT2D eigenvalue weighted by atomic mass is 10.1. The van der Waals surface area contributed by atoms with Crippen molar-refractivity contribution in [2.75, 3.05) is 38.5 Å². The van der Waals surface area contributed by atoms with Crippen LogP contribution in [-0.4, -0.2) is 67.6 Å². The Kier molecular flexibility index (Phi) is 4.38. The lowest BCUT2D eigenvalue weighted by molar-refractivity contribution is 0.0646. The molecule has 0 saturated carbocycles. The third-order valence-electron chi connectivity index (χ3n) is 4.17. The number of sulfonamides is 1. The van der Waals surface area contributed by atoms with Crippen LogP contribution in [0.3, 0.4) is 0 Å². The highest BCUT2D eigenvalue weighted by Gasteiger charge is 2.24. The number of primary sulfonamides is 1. The van der Waals surface area contributed by atoms with Gasteiger partial charge in [0.25, 0.3) is 5.91 Å². The number of rotatable bonds is 4. The van der Waals surface area contributed by atoms with Crippen molar-refractivity contribution in [3.8, 4) is 0 Å². The summed E-state index contributed by atoms with van der Waals surface area (Å²) in [5.74, 6) is -0.0490. The Bertz CT molecular complexity index is 807. The van der Waals surface area contributed by atoms with Gasteiger partial charge in [-0.15, -0.1) is 0 Å². The van der Waals surface area contributed by atoms with Crippen LogP contribution in [0.5, 0.6) is 0 Å².